The molecule has 2 heterocycles. The third-order valence-electron chi connectivity index (χ3n) is 3.61. The molecule has 4 nitrogen and oxygen atoms in total. The van der Waals surface area contributed by atoms with Crippen LogP contribution in [0.1, 0.15) is 46.2 Å². The third-order valence-corrected chi connectivity index (χ3v) is 3.61. The number of ether oxygens (including phenoxy) is 1. The average molecular weight is 317 g/mol. The molecular formula is C19H31N3O. The molecule has 23 heavy (non-hydrogen) atoms. The first kappa shape index (κ1) is 19.5. The van der Waals surface area contributed by atoms with Crippen LogP contribution in [0.2, 0.25) is 0 Å². The molecule has 4 heteroatoms. The van der Waals surface area contributed by atoms with Crippen molar-refractivity contribution in [2.75, 3.05) is 26.2 Å². The van der Waals surface area contributed by atoms with Crippen LogP contribution in [0.15, 0.2) is 35.5 Å². The van der Waals surface area contributed by atoms with Crippen molar-refractivity contribution in [1.82, 2.24) is 9.88 Å². The second-order valence-electron chi connectivity index (χ2n) is 5.29. The molecule has 1 saturated heterocycles. The molecule has 0 spiro atoms. The summed E-state index contributed by atoms with van der Waals surface area (Å²) in [4.78, 5) is 11.3. The topological polar surface area (TPSA) is 37.7 Å². The maximum absolute atomic E-state index is 5.80. The van der Waals surface area contributed by atoms with Gasteiger partial charge in [0.05, 0.1) is 24.1 Å². The minimum absolute atomic E-state index is 0.0197. The molecule has 0 saturated carbocycles. The van der Waals surface area contributed by atoms with Gasteiger partial charge in [0.25, 0.3) is 0 Å². The standard InChI is InChI=1S/C17H25N3O.C2H6/c1-3-16(17-8-4-5-9-18-17)19-14-15(2)21-13-12-20-10-6-7-11-20;1-2/h3-5,8-9,14-15H,6-7,10-13H2,1-2H3;1-2H3/b16-3-,19-14?;. The van der Waals surface area contributed by atoms with Crippen LogP contribution in [0.4, 0.5) is 0 Å². The van der Waals surface area contributed by atoms with Crippen molar-refractivity contribution in [1.29, 1.82) is 0 Å². The first-order valence-electron chi connectivity index (χ1n) is 8.75. The SMILES string of the molecule is C/C=C(\N=CC(C)OCCN1CCCC1)c1ccccn1.CC. The lowest BCUT2D eigenvalue weighted by Crippen LogP contribution is -2.26. The van der Waals surface area contributed by atoms with Crippen molar-refractivity contribution < 1.29 is 4.74 Å². The smallest absolute Gasteiger partial charge is 0.0898 e. The zero-order valence-electron chi connectivity index (χ0n) is 15.0. The molecule has 1 atom stereocenters. The first-order chi connectivity index (χ1) is 11.3. The van der Waals surface area contributed by atoms with E-state index in [1.165, 1.54) is 25.9 Å². The van der Waals surface area contributed by atoms with Gasteiger partial charge in [-0.05, 0) is 51.9 Å². The predicted octanol–water partition coefficient (Wildman–Crippen LogP) is 4.04. The summed E-state index contributed by atoms with van der Waals surface area (Å²) in [5, 5.41) is 0. The Morgan fingerprint density at radius 1 is 1.35 bits per heavy atom. The van der Waals surface area contributed by atoms with E-state index in [-0.39, 0.29) is 6.10 Å². The number of nitrogens with zero attached hydrogens (tertiary/aromatic N) is 3. The van der Waals surface area contributed by atoms with Crippen molar-refractivity contribution in [2.45, 2.75) is 46.6 Å². The van der Waals surface area contributed by atoms with E-state index in [1.807, 2.05) is 58.2 Å². The van der Waals surface area contributed by atoms with Crippen LogP contribution < -0.4 is 0 Å². The van der Waals surface area contributed by atoms with E-state index >= 15 is 0 Å². The molecule has 1 aromatic rings. The number of pyridine rings is 1. The van der Waals surface area contributed by atoms with Gasteiger partial charge in [-0.3, -0.25) is 9.98 Å². The Hall–Kier alpha value is -1.52. The number of rotatable bonds is 7. The highest BCUT2D eigenvalue weighted by Crippen LogP contribution is 2.12. The van der Waals surface area contributed by atoms with E-state index < -0.39 is 0 Å². The first-order valence-corrected chi connectivity index (χ1v) is 8.75. The molecule has 0 amide bonds. The lowest BCUT2D eigenvalue weighted by molar-refractivity contribution is 0.0927. The second kappa shape index (κ2) is 12.0. The molecule has 0 radical (unpaired) electrons. The molecule has 0 aliphatic carbocycles. The van der Waals surface area contributed by atoms with Crippen molar-refractivity contribution in [2.24, 2.45) is 4.99 Å². The lowest BCUT2D eigenvalue weighted by atomic mass is 10.2. The Bertz CT molecular complexity index is 465. The minimum atomic E-state index is 0.0197. The summed E-state index contributed by atoms with van der Waals surface area (Å²) in [6.45, 7) is 12.2. The highest BCUT2D eigenvalue weighted by molar-refractivity contribution is 5.74. The fraction of sp³-hybridized carbons (Fsp3) is 0.579. The summed E-state index contributed by atoms with van der Waals surface area (Å²) in [5.74, 6) is 0. The predicted molar refractivity (Wildman–Crippen MR) is 98.8 cm³/mol. The Balaban J connectivity index is 0.00000127. The average Bonchev–Trinajstić information content (AvgIpc) is 3.12. The second-order valence-corrected chi connectivity index (χ2v) is 5.29. The van der Waals surface area contributed by atoms with Gasteiger partial charge in [-0.1, -0.05) is 26.0 Å². The van der Waals surface area contributed by atoms with Crippen molar-refractivity contribution in [3.8, 4) is 0 Å². The van der Waals surface area contributed by atoms with Gasteiger partial charge in [0, 0.05) is 19.0 Å². The summed E-state index contributed by atoms with van der Waals surface area (Å²) in [6, 6.07) is 5.84. The van der Waals surface area contributed by atoms with E-state index in [0.29, 0.717) is 0 Å². The zero-order chi connectivity index (χ0) is 16.9. The van der Waals surface area contributed by atoms with Gasteiger partial charge in [-0.2, -0.15) is 0 Å². The molecule has 1 unspecified atom stereocenters. The Kier molecular flexibility index (Phi) is 10.2. The lowest BCUT2D eigenvalue weighted by Gasteiger charge is -2.15. The number of aromatic nitrogens is 1. The summed E-state index contributed by atoms with van der Waals surface area (Å²) in [6.07, 6.45) is 8.28. The van der Waals surface area contributed by atoms with Gasteiger partial charge >= 0.3 is 0 Å². The third kappa shape index (κ3) is 7.53. The molecule has 1 aliphatic heterocycles. The maximum Gasteiger partial charge on any atom is 0.0898 e. The van der Waals surface area contributed by atoms with E-state index in [9.17, 15) is 0 Å². The maximum atomic E-state index is 5.80. The zero-order valence-corrected chi connectivity index (χ0v) is 15.0. The normalized spacial score (nSPS) is 17.1. The molecule has 0 N–H and O–H groups in total. The highest BCUT2D eigenvalue weighted by atomic mass is 16.5. The van der Waals surface area contributed by atoms with Gasteiger partial charge in [0.1, 0.15) is 0 Å². The summed E-state index contributed by atoms with van der Waals surface area (Å²) in [5.41, 5.74) is 1.77. The largest absolute Gasteiger partial charge is 0.372 e. The molecule has 128 valence electrons. The van der Waals surface area contributed by atoms with Crippen LogP contribution in [0.5, 0.6) is 0 Å². The van der Waals surface area contributed by atoms with Gasteiger partial charge in [0.15, 0.2) is 0 Å². The summed E-state index contributed by atoms with van der Waals surface area (Å²) >= 11 is 0. The number of allylic oxidation sites excluding steroid dienone is 1. The fourth-order valence-corrected chi connectivity index (χ4v) is 2.41. The van der Waals surface area contributed by atoms with Crippen LogP contribution in [0.25, 0.3) is 5.70 Å². The van der Waals surface area contributed by atoms with Gasteiger partial charge in [-0.25, -0.2) is 0 Å². The minimum Gasteiger partial charge on any atom is -0.372 e. The van der Waals surface area contributed by atoms with Gasteiger partial charge < -0.3 is 9.64 Å². The van der Waals surface area contributed by atoms with E-state index in [4.69, 9.17) is 4.74 Å². The summed E-state index contributed by atoms with van der Waals surface area (Å²) in [7, 11) is 0. The Labute approximate surface area is 141 Å². The van der Waals surface area contributed by atoms with Crippen LogP contribution in [-0.4, -0.2) is 48.4 Å². The van der Waals surface area contributed by atoms with E-state index in [0.717, 1.165) is 24.5 Å². The van der Waals surface area contributed by atoms with Crippen LogP contribution in [0, 0.1) is 0 Å². The Morgan fingerprint density at radius 2 is 2.09 bits per heavy atom. The molecule has 0 aromatic carbocycles. The van der Waals surface area contributed by atoms with Crippen LogP contribution in [-0.2, 0) is 4.74 Å². The van der Waals surface area contributed by atoms with Crippen molar-refractivity contribution in [3.63, 3.8) is 0 Å². The molecule has 1 aliphatic rings. The van der Waals surface area contributed by atoms with Crippen LogP contribution >= 0.6 is 0 Å². The van der Waals surface area contributed by atoms with Gasteiger partial charge in [0.2, 0.25) is 0 Å². The van der Waals surface area contributed by atoms with E-state index in [1.54, 1.807) is 6.20 Å². The molecule has 0 bridgehead atoms. The molecule has 2 rings (SSSR count). The van der Waals surface area contributed by atoms with Crippen molar-refractivity contribution >= 4 is 11.9 Å². The quantitative estimate of drug-likeness (QED) is 0.712. The fourth-order valence-electron chi connectivity index (χ4n) is 2.41. The molecular weight excluding hydrogens is 286 g/mol. The molecule has 1 fully saturated rings. The number of hydrogen-bond acceptors (Lipinski definition) is 4. The van der Waals surface area contributed by atoms with Crippen molar-refractivity contribution in [3.05, 3.63) is 36.2 Å². The summed E-state index contributed by atoms with van der Waals surface area (Å²) < 4.78 is 5.80. The number of likely N-dealkylation sites (tertiary alicyclic amines) is 1. The number of hydrogen-bond donors (Lipinski definition) is 0. The number of aliphatic imine (C=N–C) groups is 1. The van der Waals surface area contributed by atoms with E-state index in [2.05, 4.69) is 14.9 Å². The van der Waals surface area contributed by atoms with Gasteiger partial charge in [-0.15, -0.1) is 0 Å². The Morgan fingerprint density at radius 3 is 2.70 bits per heavy atom. The monoisotopic (exact) mass is 317 g/mol. The highest BCUT2D eigenvalue weighted by Gasteiger charge is 2.11. The molecule has 1 aromatic heterocycles. The van der Waals surface area contributed by atoms with Crippen LogP contribution in [0.3, 0.4) is 0 Å².